The van der Waals surface area contributed by atoms with Crippen LogP contribution in [0.4, 0.5) is 0 Å². The van der Waals surface area contributed by atoms with Crippen molar-refractivity contribution >= 4 is 11.9 Å². The minimum atomic E-state index is -0.404. The summed E-state index contributed by atoms with van der Waals surface area (Å²) in [5.74, 6) is -0.562. The molecule has 0 N–H and O–H groups in total. The first-order valence-electron chi connectivity index (χ1n) is 5.47. The van der Waals surface area contributed by atoms with Crippen LogP contribution in [-0.4, -0.2) is 30.4 Å². The van der Waals surface area contributed by atoms with Crippen molar-refractivity contribution in [3.63, 3.8) is 0 Å². The quantitative estimate of drug-likeness (QED) is 0.747. The van der Waals surface area contributed by atoms with E-state index in [1.165, 1.54) is 11.8 Å². The highest BCUT2D eigenvalue weighted by Crippen LogP contribution is 2.15. The summed E-state index contributed by atoms with van der Waals surface area (Å²) in [4.78, 5) is 23.8. The molecule has 1 amide bonds. The van der Waals surface area contributed by atoms with Gasteiger partial charge in [-0.25, -0.2) is 0 Å². The molecule has 0 radical (unpaired) electrons. The van der Waals surface area contributed by atoms with Crippen LogP contribution in [0.3, 0.4) is 0 Å². The molecule has 1 atom stereocenters. The summed E-state index contributed by atoms with van der Waals surface area (Å²) in [5.41, 5.74) is 0.936. The summed E-state index contributed by atoms with van der Waals surface area (Å²) < 4.78 is 5.22. The second-order valence-electron chi connectivity index (χ2n) is 3.92. The van der Waals surface area contributed by atoms with Gasteiger partial charge >= 0.3 is 5.97 Å². The molecule has 4 heteroatoms. The number of ether oxygens (including phenoxy) is 1. The Morgan fingerprint density at radius 3 is 2.41 bits per heavy atom. The van der Waals surface area contributed by atoms with E-state index < -0.39 is 5.97 Å². The minimum Gasteiger partial charge on any atom is -0.456 e. The predicted octanol–water partition coefficient (Wildman–Crippen LogP) is 1.77. The number of benzene rings is 1. The largest absolute Gasteiger partial charge is 0.456 e. The molecule has 0 bridgehead atoms. The fraction of sp³-hybridized carbons (Fsp3) is 0.385. The Morgan fingerprint density at radius 1 is 1.29 bits per heavy atom. The Bertz CT molecular complexity index is 389. The number of hydrogen-bond donors (Lipinski definition) is 0. The first-order valence-corrected chi connectivity index (χ1v) is 5.47. The van der Waals surface area contributed by atoms with Crippen LogP contribution in [0.15, 0.2) is 30.3 Å². The maximum atomic E-state index is 11.5. The zero-order chi connectivity index (χ0) is 12.8. The average molecular weight is 235 g/mol. The lowest BCUT2D eigenvalue weighted by atomic mass is 10.1. The maximum absolute atomic E-state index is 11.5. The van der Waals surface area contributed by atoms with E-state index in [1.54, 1.807) is 14.0 Å². The minimum absolute atomic E-state index is 0.0213. The van der Waals surface area contributed by atoms with Crippen LogP contribution in [0.25, 0.3) is 0 Å². The van der Waals surface area contributed by atoms with Gasteiger partial charge in [0.05, 0.1) is 0 Å². The zero-order valence-corrected chi connectivity index (χ0v) is 10.3. The lowest BCUT2D eigenvalue weighted by molar-refractivity contribution is -0.152. The van der Waals surface area contributed by atoms with Crippen molar-refractivity contribution in [1.29, 1.82) is 0 Å². The van der Waals surface area contributed by atoms with Crippen molar-refractivity contribution in [2.75, 3.05) is 13.6 Å². The van der Waals surface area contributed by atoms with Crippen LogP contribution in [0, 0.1) is 0 Å². The van der Waals surface area contributed by atoms with E-state index in [1.807, 2.05) is 30.3 Å². The molecule has 0 spiro atoms. The Balaban J connectivity index is 2.49. The first-order chi connectivity index (χ1) is 8.00. The zero-order valence-electron chi connectivity index (χ0n) is 10.3. The summed E-state index contributed by atoms with van der Waals surface area (Å²) in [6.45, 7) is 3.20. The molecule has 0 aliphatic rings. The molecule has 0 saturated carbocycles. The van der Waals surface area contributed by atoms with E-state index in [0.717, 1.165) is 5.56 Å². The molecule has 0 heterocycles. The number of hydrogen-bond acceptors (Lipinski definition) is 3. The topological polar surface area (TPSA) is 46.6 Å². The molecule has 1 rings (SSSR count). The van der Waals surface area contributed by atoms with Crippen LogP contribution in [0.5, 0.6) is 0 Å². The van der Waals surface area contributed by atoms with Gasteiger partial charge in [-0.15, -0.1) is 0 Å². The number of carbonyl (C=O) groups excluding carboxylic acids is 2. The van der Waals surface area contributed by atoms with Gasteiger partial charge in [-0.05, 0) is 12.5 Å². The van der Waals surface area contributed by atoms with E-state index in [4.69, 9.17) is 4.74 Å². The van der Waals surface area contributed by atoms with E-state index in [2.05, 4.69) is 0 Å². The number of rotatable bonds is 4. The lowest BCUT2D eigenvalue weighted by Crippen LogP contribution is -2.31. The van der Waals surface area contributed by atoms with Crippen LogP contribution < -0.4 is 0 Å². The summed E-state index contributed by atoms with van der Waals surface area (Å²) >= 11 is 0. The molecule has 0 aliphatic carbocycles. The van der Waals surface area contributed by atoms with Crippen LogP contribution in [0.2, 0.25) is 0 Å². The fourth-order valence-electron chi connectivity index (χ4n) is 1.33. The normalized spacial score (nSPS) is 11.7. The average Bonchev–Trinajstić information content (AvgIpc) is 2.29. The van der Waals surface area contributed by atoms with Crippen molar-refractivity contribution in [3.05, 3.63) is 35.9 Å². The number of nitrogens with zero attached hydrogens (tertiary/aromatic N) is 1. The van der Waals surface area contributed by atoms with Crippen molar-refractivity contribution in [1.82, 2.24) is 4.90 Å². The summed E-state index contributed by atoms with van der Waals surface area (Å²) in [6, 6.07) is 9.48. The molecule has 1 aromatic carbocycles. The number of esters is 1. The Labute approximate surface area is 101 Å². The molecule has 1 unspecified atom stereocenters. The van der Waals surface area contributed by atoms with Gasteiger partial charge < -0.3 is 9.64 Å². The summed E-state index contributed by atoms with van der Waals surface area (Å²) in [5, 5.41) is 0. The van der Waals surface area contributed by atoms with Crippen molar-refractivity contribution in [2.24, 2.45) is 0 Å². The summed E-state index contributed by atoms with van der Waals surface area (Å²) in [7, 11) is 1.57. The van der Waals surface area contributed by atoms with Crippen LogP contribution >= 0.6 is 0 Å². The van der Waals surface area contributed by atoms with Gasteiger partial charge in [-0.3, -0.25) is 9.59 Å². The molecule has 92 valence electrons. The van der Waals surface area contributed by atoms with Gasteiger partial charge in [0.15, 0.2) is 0 Å². The Kier molecular flexibility index (Phi) is 4.69. The van der Waals surface area contributed by atoms with Crippen molar-refractivity contribution < 1.29 is 14.3 Å². The molecule has 0 aromatic heterocycles. The smallest absolute Gasteiger partial charge is 0.326 e. The highest BCUT2D eigenvalue weighted by Gasteiger charge is 2.14. The third kappa shape index (κ3) is 4.26. The van der Waals surface area contributed by atoms with Gasteiger partial charge in [0.25, 0.3) is 0 Å². The Morgan fingerprint density at radius 2 is 1.88 bits per heavy atom. The van der Waals surface area contributed by atoms with E-state index in [-0.39, 0.29) is 18.6 Å². The molecule has 4 nitrogen and oxygen atoms in total. The van der Waals surface area contributed by atoms with Gasteiger partial charge in [-0.2, -0.15) is 0 Å². The molecule has 1 aromatic rings. The van der Waals surface area contributed by atoms with E-state index >= 15 is 0 Å². The maximum Gasteiger partial charge on any atom is 0.326 e. The molecule has 0 aliphatic heterocycles. The second kappa shape index (κ2) is 6.03. The standard InChI is InChI=1S/C13H17NO3/c1-10(12-7-5-4-6-8-12)17-13(16)9-14(3)11(2)15/h4-8,10H,9H2,1-3H3. The number of amides is 1. The van der Waals surface area contributed by atoms with Crippen molar-refractivity contribution in [2.45, 2.75) is 20.0 Å². The van der Waals surface area contributed by atoms with Gasteiger partial charge in [0.1, 0.15) is 12.6 Å². The van der Waals surface area contributed by atoms with Crippen LogP contribution in [-0.2, 0) is 14.3 Å². The molecule has 17 heavy (non-hydrogen) atoms. The molecule has 0 fully saturated rings. The third-order valence-electron chi connectivity index (χ3n) is 2.48. The third-order valence-corrected chi connectivity index (χ3v) is 2.48. The first kappa shape index (κ1) is 13.2. The van der Waals surface area contributed by atoms with Gasteiger partial charge in [-0.1, -0.05) is 30.3 Å². The number of carbonyl (C=O) groups is 2. The highest BCUT2D eigenvalue weighted by molar-refractivity contribution is 5.80. The fourth-order valence-corrected chi connectivity index (χ4v) is 1.33. The second-order valence-corrected chi connectivity index (χ2v) is 3.92. The summed E-state index contributed by atoms with van der Waals surface area (Å²) in [6.07, 6.45) is -0.302. The van der Waals surface area contributed by atoms with E-state index in [9.17, 15) is 9.59 Å². The molecular weight excluding hydrogens is 218 g/mol. The van der Waals surface area contributed by atoms with E-state index in [0.29, 0.717) is 0 Å². The monoisotopic (exact) mass is 235 g/mol. The lowest BCUT2D eigenvalue weighted by Gasteiger charge is -2.17. The van der Waals surface area contributed by atoms with Crippen LogP contribution in [0.1, 0.15) is 25.5 Å². The SMILES string of the molecule is CC(=O)N(C)CC(=O)OC(C)c1ccccc1. The molecular formula is C13H17NO3. The Hall–Kier alpha value is -1.84. The predicted molar refractivity (Wildman–Crippen MR) is 64.3 cm³/mol. The van der Waals surface area contributed by atoms with Gasteiger partial charge in [0.2, 0.25) is 5.91 Å². The van der Waals surface area contributed by atoms with Crippen molar-refractivity contribution in [3.8, 4) is 0 Å². The highest BCUT2D eigenvalue weighted by atomic mass is 16.5. The molecule has 0 saturated heterocycles. The van der Waals surface area contributed by atoms with Gasteiger partial charge in [0, 0.05) is 14.0 Å². The number of likely N-dealkylation sites (N-methyl/N-ethyl adjacent to an activating group) is 1.